The number of carbonyl (C=O) groups excluding carboxylic acids is 2. The van der Waals surface area contributed by atoms with Gasteiger partial charge in [0, 0.05) is 45.4 Å². The lowest BCUT2D eigenvalue weighted by atomic mass is 9.96. The molecule has 0 amide bonds. The zero-order valence-electron chi connectivity index (χ0n) is 15.9. The van der Waals surface area contributed by atoms with Gasteiger partial charge < -0.3 is 0 Å². The molecule has 0 N–H and O–H groups in total. The summed E-state index contributed by atoms with van der Waals surface area (Å²) < 4.78 is 0. The van der Waals surface area contributed by atoms with E-state index in [2.05, 4.69) is 9.97 Å². The molecule has 5 aromatic rings. The topological polar surface area (TPSA) is 59.9 Å². The second kappa shape index (κ2) is 7.33. The Balaban J connectivity index is 1.70. The molecule has 0 bridgehead atoms. The molecule has 0 aliphatic heterocycles. The second-order valence-electron chi connectivity index (χ2n) is 6.97. The second-order valence-corrected chi connectivity index (χ2v) is 6.97. The summed E-state index contributed by atoms with van der Waals surface area (Å²) in [6.07, 6.45) is 3.23. The summed E-state index contributed by atoms with van der Waals surface area (Å²) in [4.78, 5) is 35.1. The first-order valence-corrected chi connectivity index (χ1v) is 9.60. The average Bonchev–Trinajstić information content (AvgIpc) is 2.83. The molecule has 142 valence electrons. The molecule has 0 aliphatic rings. The minimum absolute atomic E-state index is 0.0705. The summed E-state index contributed by atoms with van der Waals surface area (Å²) in [6.45, 7) is 0. The van der Waals surface area contributed by atoms with Gasteiger partial charge in [-0.15, -0.1) is 0 Å². The SMILES string of the molecule is O=C(c1ccccc1)c1ccnc2c1ccc1c(C(=O)c3ccccc3)ccnc12. The Bertz CT molecular complexity index is 1300. The Morgan fingerprint density at radius 1 is 0.500 bits per heavy atom. The van der Waals surface area contributed by atoms with E-state index in [1.165, 1.54) is 0 Å². The number of rotatable bonds is 4. The first-order chi connectivity index (χ1) is 14.7. The van der Waals surface area contributed by atoms with E-state index >= 15 is 0 Å². The standard InChI is InChI=1S/C26H16N2O2/c29-25(17-7-3-1-4-8-17)21-13-15-27-23-19(21)11-12-20-22(14-16-28-24(20)23)26(30)18-9-5-2-6-10-18/h1-16H. The molecule has 0 saturated carbocycles. The number of aromatic nitrogens is 2. The molecule has 4 nitrogen and oxygen atoms in total. The molecular formula is C26H16N2O2. The number of nitrogens with zero attached hydrogens (tertiary/aromatic N) is 2. The molecule has 0 radical (unpaired) electrons. The van der Waals surface area contributed by atoms with Crippen molar-refractivity contribution in [3.8, 4) is 0 Å². The minimum atomic E-state index is -0.0705. The van der Waals surface area contributed by atoms with Gasteiger partial charge in [-0.3, -0.25) is 19.6 Å². The highest BCUT2D eigenvalue weighted by molar-refractivity contribution is 6.22. The predicted octanol–water partition coefficient (Wildman–Crippen LogP) is 5.25. The number of ketones is 2. The van der Waals surface area contributed by atoms with Gasteiger partial charge in [-0.1, -0.05) is 72.8 Å². The zero-order valence-corrected chi connectivity index (χ0v) is 15.9. The van der Waals surface area contributed by atoms with Gasteiger partial charge in [-0.05, 0) is 12.1 Å². The lowest BCUT2D eigenvalue weighted by Crippen LogP contribution is -2.05. The van der Waals surface area contributed by atoms with Crippen molar-refractivity contribution in [2.45, 2.75) is 0 Å². The summed E-state index contributed by atoms with van der Waals surface area (Å²) in [5, 5.41) is 1.44. The Hall–Kier alpha value is -4.18. The zero-order chi connectivity index (χ0) is 20.5. The maximum atomic E-state index is 13.1. The molecule has 2 aromatic heterocycles. The van der Waals surface area contributed by atoms with Crippen LogP contribution in [0.4, 0.5) is 0 Å². The smallest absolute Gasteiger partial charge is 0.193 e. The van der Waals surface area contributed by atoms with Gasteiger partial charge in [-0.2, -0.15) is 0 Å². The van der Waals surface area contributed by atoms with Gasteiger partial charge in [0.2, 0.25) is 0 Å². The normalized spacial score (nSPS) is 10.9. The van der Waals surface area contributed by atoms with E-state index in [4.69, 9.17) is 0 Å². The predicted molar refractivity (Wildman–Crippen MR) is 117 cm³/mol. The molecule has 0 fully saturated rings. The molecular weight excluding hydrogens is 372 g/mol. The summed E-state index contributed by atoms with van der Waals surface area (Å²) >= 11 is 0. The van der Waals surface area contributed by atoms with Crippen LogP contribution in [0.1, 0.15) is 31.8 Å². The van der Waals surface area contributed by atoms with Gasteiger partial charge in [0.25, 0.3) is 0 Å². The maximum Gasteiger partial charge on any atom is 0.193 e. The van der Waals surface area contributed by atoms with Crippen molar-refractivity contribution in [1.82, 2.24) is 9.97 Å². The van der Waals surface area contributed by atoms with E-state index in [1.54, 1.807) is 48.8 Å². The lowest BCUT2D eigenvalue weighted by molar-refractivity contribution is 0.103. The van der Waals surface area contributed by atoms with Crippen LogP contribution < -0.4 is 0 Å². The van der Waals surface area contributed by atoms with Crippen molar-refractivity contribution in [2.75, 3.05) is 0 Å². The third-order valence-corrected chi connectivity index (χ3v) is 5.18. The molecule has 0 aliphatic carbocycles. The number of hydrogen-bond acceptors (Lipinski definition) is 4. The lowest BCUT2D eigenvalue weighted by Gasteiger charge is -2.10. The van der Waals surface area contributed by atoms with Crippen molar-refractivity contribution in [1.29, 1.82) is 0 Å². The van der Waals surface area contributed by atoms with Gasteiger partial charge in [0.05, 0.1) is 11.0 Å². The van der Waals surface area contributed by atoms with E-state index in [-0.39, 0.29) is 11.6 Å². The van der Waals surface area contributed by atoms with Crippen LogP contribution in [0, 0.1) is 0 Å². The Labute approximate surface area is 172 Å². The van der Waals surface area contributed by atoms with Crippen LogP contribution in [0.2, 0.25) is 0 Å². The maximum absolute atomic E-state index is 13.1. The van der Waals surface area contributed by atoms with E-state index < -0.39 is 0 Å². The average molecular weight is 388 g/mol. The summed E-state index contributed by atoms with van der Waals surface area (Å²) in [7, 11) is 0. The number of pyridine rings is 2. The van der Waals surface area contributed by atoms with Gasteiger partial charge in [-0.25, -0.2) is 0 Å². The Morgan fingerprint density at radius 3 is 1.30 bits per heavy atom. The van der Waals surface area contributed by atoms with E-state index in [1.807, 2.05) is 48.5 Å². The van der Waals surface area contributed by atoms with Crippen LogP contribution in [-0.2, 0) is 0 Å². The largest absolute Gasteiger partial charge is 0.289 e. The Morgan fingerprint density at radius 2 is 0.900 bits per heavy atom. The molecule has 0 spiro atoms. The van der Waals surface area contributed by atoms with Crippen LogP contribution in [0.25, 0.3) is 21.8 Å². The molecule has 2 heterocycles. The molecule has 3 aromatic carbocycles. The van der Waals surface area contributed by atoms with Crippen LogP contribution in [0.5, 0.6) is 0 Å². The molecule has 30 heavy (non-hydrogen) atoms. The van der Waals surface area contributed by atoms with Crippen molar-refractivity contribution in [3.05, 3.63) is 120 Å². The van der Waals surface area contributed by atoms with Crippen molar-refractivity contribution >= 4 is 33.4 Å². The number of hydrogen-bond donors (Lipinski definition) is 0. The summed E-state index contributed by atoms with van der Waals surface area (Å²) in [5.74, 6) is -0.141. The van der Waals surface area contributed by atoms with Crippen molar-refractivity contribution in [2.24, 2.45) is 0 Å². The molecule has 4 heteroatoms. The molecule has 0 unspecified atom stereocenters. The van der Waals surface area contributed by atoms with E-state index in [0.717, 1.165) is 10.8 Å². The van der Waals surface area contributed by atoms with Crippen molar-refractivity contribution < 1.29 is 9.59 Å². The third-order valence-electron chi connectivity index (χ3n) is 5.18. The monoisotopic (exact) mass is 388 g/mol. The van der Waals surface area contributed by atoms with Gasteiger partial charge in [0.1, 0.15) is 0 Å². The van der Waals surface area contributed by atoms with Gasteiger partial charge in [0.15, 0.2) is 11.6 Å². The highest BCUT2D eigenvalue weighted by Crippen LogP contribution is 2.28. The highest BCUT2D eigenvalue weighted by Gasteiger charge is 2.18. The van der Waals surface area contributed by atoms with Gasteiger partial charge >= 0.3 is 0 Å². The number of benzene rings is 3. The van der Waals surface area contributed by atoms with E-state index in [0.29, 0.717) is 33.3 Å². The molecule has 0 saturated heterocycles. The van der Waals surface area contributed by atoms with Crippen LogP contribution >= 0.6 is 0 Å². The van der Waals surface area contributed by atoms with Crippen LogP contribution in [-0.4, -0.2) is 21.5 Å². The molecule has 5 rings (SSSR count). The highest BCUT2D eigenvalue weighted by atomic mass is 16.1. The Kier molecular flexibility index (Phi) is 4.37. The fourth-order valence-corrected chi connectivity index (χ4v) is 3.71. The van der Waals surface area contributed by atoms with Crippen LogP contribution in [0.15, 0.2) is 97.3 Å². The fraction of sp³-hybridized carbons (Fsp3) is 0. The minimum Gasteiger partial charge on any atom is -0.289 e. The quantitative estimate of drug-likeness (QED) is 0.312. The van der Waals surface area contributed by atoms with E-state index in [9.17, 15) is 9.59 Å². The van der Waals surface area contributed by atoms with Crippen molar-refractivity contribution in [3.63, 3.8) is 0 Å². The first-order valence-electron chi connectivity index (χ1n) is 9.60. The number of carbonyl (C=O) groups is 2. The summed E-state index contributed by atoms with van der Waals surface area (Å²) in [5.41, 5.74) is 3.58. The third kappa shape index (κ3) is 2.95. The van der Waals surface area contributed by atoms with Crippen LogP contribution in [0.3, 0.4) is 0 Å². The number of fused-ring (bicyclic) bond motifs is 3. The molecule has 0 atom stereocenters. The fourth-order valence-electron chi connectivity index (χ4n) is 3.71. The first kappa shape index (κ1) is 17.9. The summed E-state index contributed by atoms with van der Waals surface area (Å²) in [6, 6.07) is 25.5.